The quantitative estimate of drug-likeness (QED) is 0.110. The number of nitrogens with zero attached hydrogens (tertiary/aromatic N) is 2. The first-order chi connectivity index (χ1) is 30.3. The van der Waals surface area contributed by atoms with Crippen molar-refractivity contribution in [1.82, 2.24) is 0 Å². The van der Waals surface area contributed by atoms with Crippen LogP contribution in [-0.2, 0) is 0 Å². The number of hydrogen-bond acceptors (Lipinski definition) is 5. The van der Waals surface area contributed by atoms with Crippen molar-refractivity contribution in [3.05, 3.63) is 193 Å². The summed E-state index contributed by atoms with van der Waals surface area (Å²) >= 11 is 0. The van der Waals surface area contributed by atoms with Crippen molar-refractivity contribution in [1.29, 1.82) is 0 Å². The predicted molar refractivity (Wildman–Crippen MR) is 263 cm³/mol. The van der Waals surface area contributed by atoms with Gasteiger partial charge in [0, 0.05) is 38.4 Å². The number of allylic oxidation sites excluding steroid dienone is 5. The fraction of sp³-hybridized carbons (Fsp3) is 0.0877. The molecule has 0 aliphatic carbocycles. The van der Waals surface area contributed by atoms with E-state index in [-0.39, 0.29) is 5.75 Å². The zero-order chi connectivity index (χ0) is 42.6. The molecule has 0 spiro atoms. The Labute approximate surface area is 361 Å². The van der Waals surface area contributed by atoms with Gasteiger partial charge < -0.3 is 23.7 Å². The Morgan fingerprint density at radius 3 is 1.81 bits per heavy atom. The van der Waals surface area contributed by atoms with E-state index in [1.165, 1.54) is 5.57 Å². The molecule has 0 atom stereocenters. The van der Waals surface area contributed by atoms with Gasteiger partial charge in [0.25, 0.3) is 0 Å². The first kappa shape index (κ1) is 38.4. The third-order valence-electron chi connectivity index (χ3n) is 12.1. The molecule has 10 rings (SSSR count). The molecule has 0 saturated heterocycles. The standard InChI is InChI=1S/C57H46N2O3/c1-7-36(5)55-41(8-2)43-20-15-24-51(57(43)62-55)59(49-22-11-12-25-52(49)60)48-33-29-39-26-30-44-47(32-28-38-27-31-45(48)54(39)53(38)44)58(46-21-10-9-17-37(46)6)50-23-14-19-42-40(34-61-56(42)50)18-13-16-35(3)4/h7-34,60H,2H2,1,3-6H3/b18-13-,36-7-. The van der Waals surface area contributed by atoms with Gasteiger partial charge in [0.05, 0.1) is 34.7 Å². The average molecular weight is 807 g/mol. The van der Waals surface area contributed by atoms with E-state index >= 15 is 0 Å². The summed E-state index contributed by atoms with van der Waals surface area (Å²) in [6.45, 7) is 14.6. The second kappa shape index (κ2) is 15.4. The molecule has 2 aromatic heterocycles. The van der Waals surface area contributed by atoms with E-state index in [0.29, 0.717) is 11.3 Å². The highest BCUT2D eigenvalue weighted by Gasteiger charge is 2.27. The number of para-hydroxylation sites is 5. The predicted octanol–water partition coefficient (Wildman–Crippen LogP) is 17.1. The maximum absolute atomic E-state index is 11.6. The van der Waals surface area contributed by atoms with Crippen LogP contribution < -0.4 is 9.80 Å². The minimum absolute atomic E-state index is 0.161. The van der Waals surface area contributed by atoms with Gasteiger partial charge >= 0.3 is 0 Å². The monoisotopic (exact) mass is 806 g/mol. The molecule has 2 heterocycles. The zero-order valence-corrected chi connectivity index (χ0v) is 35.5. The van der Waals surface area contributed by atoms with E-state index in [9.17, 15) is 5.11 Å². The van der Waals surface area contributed by atoms with Crippen molar-refractivity contribution < 1.29 is 13.9 Å². The lowest BCUT2D eigenvalue weighted by atomic mass is 9.91. The topological polar surface area (TPSA) is 53.0 Å². The Bertz CT molecular complexity index is 3460. The summed E-state index contributed by atoms with van der Waals surface area (Å²) < 4.78 is 13.2. The number of fused-ring (bicyclic) bond motifs is 2. The molecule has 0 amide bonds. The van der Waals surface area contributed by atoms with Crippen molar-refractivity contribution in [2.24, 2.45) is 0 Å². The molecular weight excluding hydrogens is 761 g/mol. The highest BCUT2D eigenvalue weighted by atomic mass is 16.3. The van der Waals surface area contributed by atoms with Crippen LogP contribution in [0.4, 0.5) is 34.1 Å². The van der Waals surface area contributed by atoms with Gasteiger partial charge in [0.15, 0.2) is 11.2 Å². The van der Waals surface area contributed by atoms with E-state index in [1.807, 2.05) is 43.5 Å². The average Bonchev–Trinajstić information content (AvgIpc) is 3.89. The minimum atomic E-state index is 0.161. The van der Waals surface area contributed by atoms with Crippen molar-refractivity contribution in [3.8, 4) is 5.75 Å². The van der Waals surface area contributed by atoms with Gasteiger partial charge in [0.2, 0.25) is 0 Å². The second-order valence-electron chi connectivity index (χ2n) is 16.2. The third-order valence-corrected chi connectivity index (χ3v) is 12.1. The number of benzene rings is 8. The summed E-state index contributed by atoms with van der Waals surface area (Å²) in [7, 11) is 0. The molecule has 5 heteroatoms. The fourth-order valence-corrected chi connectivity index (χ4v) is 9.04. The van der Waals surface area contributed by atoms with Crippen LogP contribution in [0.2, 0.25) is 0 Å². The van der Waals surface area contributed by atoms with Crippen LogP contribution in [0.25, 0.3) is 72.0 Å². The van der Waals surface area contributed by atoms with E-state index in [1.54, 1.807) is 6.07 Å². The van der Waals surface area contributed by atoms with Crippen LogP contribution >= 0.6 is 0 Å². The van der Waals surface area contributed by atoms with Crippen molar-refractivity contribution >= 4 is 106 Å². The number of aryl methyl sites for hydroxylation is 1. The van der Waals surface area contributed by atoms with Gasteiger partial charge in [-0.15, -0.1) is 0 Å². The van der Waals surface area contributed by atoms with Crippen LogP contribution in [0, 0.1) is 6.92 Å². The lowest BCUT2D eigenvalue weighted by Gasteiger charge is -2.30. The smallest absolute Gasteiger partial charge is 0.159 e. The van der Waals surface area contributed by atoms with Crippen LogP contribution in [0.15, 0.2) is 179 Å². The molecule has 0 unspecified atom stereocenters. The molecule has 0 radical (unpaired) electrons. The van der Waals surface area contributed by atoms with E-state index < -0.39 is 0 Å². The summed E-state index contributed by atoms with van der Waals surface area (Å²) in [6.07, 6.45) is 12.1. The molecule has 0 saturated carbocycles. The molecule has 10 aromatic rings. The number of phenolic OH excluding ortho intramolecular Hbond substituents is 1. The number of aromatic hydroxyl groups is 1. The van der Waals surface area contributed by atoms with Crippen molar-refractivity contribution in [3.63, 3.8) is 0 Å². The fourth-order valence-electron chi connectivity index (χ4n) is 9.04. The maximum atomic E-state index is 11.6. The van der Waals surface area contributed by atoms with Crippen LogP contribution in [0.1, 0.15) is 50.1 Å². The normalized spacial score (nSPS) is 12.1. The third kappa shape index (κ3) is 6.16. The van der Waals surface area contributed by atoms with Crippen LogP contribution in [0.3, 0.4) is 0 Å². The molecule has 0 fully saturated rings. The Morgan fingerprint density at radius 2 is 1.18 bits per heavy atom. The van der Waals surface area contributed by atoms with Gasteiger partial charge in [-0.1, -0.05) is 134 Å². The summed E-state index contributed by atoms with van der Waals surface area (Å²) in [5, 5.41) is 20.3. The summed E-state index contributed by atoms with van der Waals surface area (Å²) in [5.41, 5.74) is 12.3. The molecule has 0 aliphatic rings. The lowest BCUT2D eigenvalue weighted by molar-refractivity contribution is 0.476. The molecule has 5 nitrogen and oxygen atoms in total. The molecule has 1 N–H and O–H groups in total. The molecule has 8 aromatic carbocycles. The van der Waals surface area contributed by atoms with E-state index in [2.05, 4.69) is 172 Å². The lowest BCUT2D eigenvalue weighted by Crippen LogP contribution is -2.12. The number of hydrogen-bond donors (Lipinski definition) is 1. The first-order valence-electron chi connectivity index (χ1n) is 21.0. The minimum Gasteiger partial charge on any atom is -0.506 e. The van der Waals surface area contributed by atoms with Crippen molar-refractivity contribution in [2.45, 2.75) is 34.6 Å². The van der Waals surface area contributed by atoms with Gasteiger partial charge in [-0.2, -0.15) is 0 Å². The van der Waals surface area contributed by atoms with Crippen molar-refractivity contribution in [2.75, 3.05) is 9.80 Å². The Hall–Kier alpha value is -7.76. The Balaban J connectivity index is 1.24. The molecule has 302 valence electrons. The van der Waals surface area contributed by atoms with Gasteiger partial charge in [-0.3, -0.25) is 0 Å². The van der Waals surface area contributed by atoms with E-state index in [4.69, 9.17) is 8.83 Å². The molecule has 0 aliphatic heterocycles. The SMILES string of the molecule is C=Cc1c(/C(C)=C\C)oc2c(N(c3ccccc3O)c3ccc4ccc5c(N(c6ccccc6C)c6cccc7c(/C=C\C=C(C)C)coc67)ccc6ccc3c4c65)cccc12. The highest BCUT2D eigenvalue weighted by molar-refractivity contribution is 6.28. The zero-order valence-electron chi connectivity index (χ0n) is 35.5. The van der Waals surface area contributed by atoms with Gasteiger partial charge in [0.1, 0.15) is 11.5 Å². The largest absolute Gasteiger partial charge is 0.506 e. The highest BCUT2D eigenvalue weighted by Crippen LogP contribution is 2.51. The van der Waals surface area contributed by atoms with Gasteiger partial charge in [-0.05, 0) is 110 Å². The molecular formula is C57H46N2O3. The van der Waals surface area contributed by atoms with E-state index in [0.717, 1.165) is 105 Å². The van der Waals surface area contributed by atoms with Crippen LogP contribution in [0.5, 0.6) is 5.75 Å². The maximum Gasteiger partial charge on any atom is 0.159 e. The summed E-state index contributed by atoms with van der Waals surface area (Å²) in [4.78, 5) is 4.49. The van der Waals surface area contributed by atoms with Crippen LogP contribution in [-0.4, -0.2) is 5.11 Å². The number of phenols is 1. The summed E-state index contributed by atoms with van der Waals surface area (Å²) in [5.74, 6) is 0.944. The second-order valence-corrected chi connectivity index (χ2v) is 16.2. The number of furan rings is 2. The Kier molecular flexibility index (Phi) is 9.53. The number of rotatable bonds is 10. The first-order valence-corrected chi connectivity index (χ1v) is 21.0. The summed E-state index contributed by atoms with van der Waals surface area (Å²) in [6, 6.07) is 46.4. The Morgan fingerprint density at radius 1 is 0.597 bits per heavy atom. The number of anilines is 6. The molecule has 0 bridgehead atoms. The molecule has 62 heavy (non-hydrogen) atoms. The van der Waals surface area contributed by atoms with Gasteiger partial charge in [-0.25, -0.2) is 0 Å².